The summed E-state index contributed by atoms with van der Waals surface area (Å²) < 4.78 is 27.1. The smallest absolute Gasteiger partial charge is 0.287 e. The fraction of sp³-hybridized carbons (Fsp3) is 0.857. The van der Waals surface area contributed by atoms with E-state index in [9.17, 15) is 4.57 Å². The van der Waals surface area contributed by atoms with Crippen molar-refractivity contribution in [2.24, 2.45) is 0 Å². The zero-order valence-corrected chi connectivity index (χ0v) is 13.5. The molecule has 0 aliphatic carbocycles. The fourth-order valence-corrected chi connectivity index (χ4v) is 2.74. The van der Waals surface area contributed by atoms with Crippen molar-refractivity contribution >= 4 is 7.82 Å². The van der Waals surface area contributed by atoms with Gasteiger partial charge in [0.05, 0.1) is 19.8 Å². The summed E-state index contributed by atoms with van der Waals surface area (Å²) in [6.45, 7) is 6.65. The van der Waals surface area contributed by atoms with E-state index in [-0.39, 0.29) is 6.61 Å². The number of hydrogen-bond acceptors (Lipinski definition) is 4. The topological polar surface area (TPSA) is 44.8 Å². The van der Waals surface area contributed by atoms with Crippen LogP contribution in [0.4, 0.5) is 0 Å². The van der Waals surface area contributed by atoms with Gasteiger partial charge in [-0.05, 0) is 26.7 Å². The highest BCUT2D eigenvalue weighted by Gasteiger charge is 2.24. The quantitative estimate of drug-likeness (QED) is 0.269. The van der Waals surface area contributed by atoms with Gasteiger partial charge in [-0.2, -0.15) is 0 Å². The standard InChI is InChI=1S/C14H29O4P/c1-4-7-8-9-10-11-12-13-14-18-19(15,16-5-2)17-6-3/h12-13H,4-11,14H2,1-3H3/b13-12-. The summed E-state index contributed by atoms with van der Waals surface area (Å²) in [5.74, 6) is 0. The third-order valence-electron chi connectivity index (χ3n) is 2.54. The molecule has 0 unspecified atom stereocenters. The number of phosphoric ester groups is 1. The summed E-state index contributed by atoms with van der Waals surface area (Å²) in [6.07, 6.45) is 11.4. The molecule has 0 amide bonds. The van der Waals surface area contributed by atoms with Crippen molar-refractivity contribution in [3.63, 3.8) is 0 Å². The van der Waals surface area contributed by atoms with Crippen molar-refractivity contribution in [1.29, 1.82) is 0 Å². The maximum Gasteiger partial charge on any atom is 0.475 e. The highest BCUT2D eigenvalue weighted by atomic mass is 31.2. The molecular formula is C14H29O4P. The average Bonchev–Trinajstić information content (AvgIpc) is 2.37. The van der Waals surface area contributed by atoms with Gasteiger partial charge < -0.3 is 0 Å². The minimum atomic E-state index is -3.34. The van der Waals surface area contributed by atoms with Crippen LogP contribution in [-0.4, -0.2) is 19.8 Å². The molecule has 5 heteroatoms. The first-order valence-electron chi connectivity index (χ1n) is 7.37. The molecule has 0 heterocycles. The van der Waals surface area contributed by atoms with Crippen molar-refractivity contribution < 1.29 is 18.1 Å². The third-order valence-corrected chi connectivity index (χ3v) is 4.16. The van der Waals surface area contributed by atoms with Crippen LogP contribution in [0.3, 0.4) is 0 Å². The molecule has 0 bridgehead atoms. The number of allylic oxidation sites excluding steroid dienone is 1. The van der Waals surface area contributed by atoms with E-state index in [0.29, 0.717) is 13.2 Å². The first kappa shape index (κ1) is 18.9. The molecule has 0 aliphatic rings. The molecule has 0 saturated carbocycles. The van der Waals surface area contributed by atoms with Crippen molar-refractivity contribution in [3.8, 4) is 0 Å². The molecule has 0 aromatic carbocycles. The van der Waals surface area contributed by atoms with Gasteiger partial charge in [0.15, 0.2) is 0 Å². The monoisotopic (exact) mass is 292 g/mol. The van der Waals surface area contributed by atoms with Gasteiger partial charge in [0.25, 0.3) is 0 Å². The number of unbranched alkanes of at least 4 members (excludes halogenated alkanes) is 5. The van der Waals surface area contributed by atoms with Gasteiger partial charge in [-0.3, -0.25) is 13.6 Å². The Balaban J connectivity index is 3.66. The van der Waals surface area contributed by atoms with Crippen molar-refractivity contribution in [2.75, 3.05) is 19.8 Å². The highest BCUT2D eigenvalue weighted by Crippen LogP contribution is 2.49. The van der Waals surface area contributed by atoms with Gasteiger partial charge in [-0.15, -0.1) is 0 Å². The van der Waals surface area contributed by atoms with Crippen molar-refractivity contribution in [1.82, 2.24) is 0 Å². The SMILES string of the molecule is CCCCCCC/C=C\COP(=O)(OCC)OCC. The van der Waals surface area contributed by atoms with E-state index in [4.69, 9.17) is 13.6 Å². The Morgan fingerprint density at radius 2 is 1.47 bits per heavy atom. The third kappa shape index (κ3) is 11.4. The lowest BCUT2D eigenvalue weighted by molar-refractivity contribution is 0.131. The summed E-state index contributed by atoms with van der Waals surface area (Å²) >= 11 is 0. The minimum absolute atomic E-state index is 0.270. The number of phosphoric acid groups is 1. The highest BCUT2D eigenvalue weighted by molar-refractivity contribution is 7.48. The first-order valence-corrected chi connectivity index (χ1v) is 8.83. The van der Waals surface area contributed by atoms with Crippen LogP contribution in [0.15, 0.2) is 12.2 Å². The summed E-state index contributed by atoms with van der Waals surface area (Å²) in [6, 6.07) is 0. The lowest BCUT2D eigenvalue weighted by Gasteiger charge is -2.14. The van der Waals surface area contributed by atoms with Crippen molar-refractivity contribution in [3.05, 3.63) is 12.2 Å². The van der Waals surface area contributed by atoms with E-state index in [0.717, 1.165) is 6.42 Å². The average molecular weight is 292 g/mol. The lowest BCUT2D eigenvalue weighted by atomic mass is 10.1. The summed E-state index contributed by atoms with van der Waals surface area (Å²) in [4.78, 5) is 0. The molecule has 0 atom stereocenters. The zero-order chi connectivity index (χ0) is 14.4. The van der Waals surface area contributed by atoms with Crippen LogP contribution >= 0.6 is 7.82 Å². The Morgan fingerprint density at radius 3 is 2.05 bits per heavy atom. The van der Waals surface area contributed by atoms with Gasteiger partial charge in [0.2, 0.25) is 0 Å². The Kier molecular flexibility index (Phi) is 12.8. The molecule has 0 fully saturated rings. The molecule has 19 heavy (non-hydrogen) atoms. The van der Waals surface area contributed by atoms with Crippen LogP contribution in [-0.2, 0) is 18.1 Å². The summed E-state index contributed by atoms with van der Waals surface area (Å²) in [5, 5.41) is 0. The van der Waals surface area contributed by atoms with Crippen LogP contribution < -0.4 is 0 Å². The van der Waals surface area contributed by atoms with E-state index >= 15 is 0 Å². The Labute approximate surface area is 118 Å². The van der Waals surface area contributed by atoms with Crippen LogP contribution in [0.5, 0.6) is 0 Å². The van der Waals surface area contributed by atoms with Gasteiger partial charge in [-0.25, -0.2) is 4.57 Å². The molecule has 114 valence electrons. The second-order valence-corrected chi connectivity index (χ2v) is 5.92. The Bertz CT molecular complexity index is 256. The molecular weight excluding hydrogens is 263 g/mol. The Morgan fingerprint density at radius 1 is 0.842 bits per heavy atom. The molecule has 0 aromatic heterocycles. The zero-order valence-electron chi connectivity index (χ0n) is 12.6. The van der Waals surface area contributed by atoms with E-state index in [1.54, 1.807) is 13.8 Å². The molecule has 0 N–H and O–H groups in total. The Hall–Kier alpha value is -0.150. The molecule has 0 spiro atoms. The van der Waals surface area contributed by atoms with Gasteiger partial charge in [0.1, 0.15) is 0 Å². The molecule has 0 saturated heterocycles. The molecule has 0 rings (SSSR count). The van der Waals surface area contributed by atoms with E-state index < -0.39 is 7.82 Å². The predicted octanol–water partition coefficient (Wildman–Crippen LogP) is 5.10. The van der Waals surface area contributed by atoms with Crippen LogP contribution in [0.1, 0.15) is 59.3 Å². The van der Waals surface area contributed by atoms with Gasteiger partial charge in [0, 0.05) is 0 Å². The van der Waals surface area contributed by atoms with E-state index in [1.165, 1.54) is 32.1 Å². The van der Waals surface area contributed by atoms with Crippen molar-refractivity contribution in [2.45, 2.75) is 59.3 Å². The molecule has 0 aromatic rings. The lowest BCUT2D eigenvalue weighted by Crippen LogP contribution is -2.00. The molecule has 0 radical (unpaired) electrons. The van der Waals surface area contributed by atoms with Crippen LogP contribution in [0, 0.1) is 0 Å². The van der Waals surface area contributed by atoms with Crippen LogP contribution in [0.2, 0.25) is 0 Å². The maximum absolute atomic E-state index is 11.9. The molecule has 4 nitrogen and oxygen atoms in total. The normalized spacial score (nSPS) is 12.4. The fourth-order valence-electron chi connectivity index (χ4n) is 1.61. The van der Waals surface area contributed by atoms with Crippen LogP contribution in [0.25, 0.3) is 0 Å². The number of hydrogen-bond donors (Lipinski definition) is 0. The summed E-state index contributed by atoms with van der Waals surface area (Å²) in [7, 11) is -3.34. The minimum Gasteiger partial charge on any atom is -0.287 e. The summed E-state index contributed by atoms with van der Waals surface area (Å²) in [5.41, 5.74) is 0. The van der Waals surface area contributed by atoms with Gasteiger partial charge >= 0.3 is 7.82 Å². The second-order valence-electron chi connectivity index (χ2n) is 4.25. The predicted molar refractivity (Wildman–Crippen MR) is 79.3 cm³/mol. The van der Waals surface area contributed by atoms with Gasteiger partial charge in [-0.1, -0.05) is 44.8 Å². The van der Waals surface area contributed by atoms with E-state index in [2.05, 4.69) is 13.0 Å². The largest absolute Gasteiger partial charge is 0.475 e. The molecule has 0 aliphatic heterocycles. The maximum atomic E-state index is 11.9. The second kappa shape index (κ2) is 12.9. The van der Waals surface area contributed by atoms with E-state index in [1.807, 2.05) is 6.08 Å². The first-order chi connectivity index (χ1) is 9.18. The number of rotatable bonds is 13.